The van der Waals surface area contributed by atoms with E-state index in [1.165, 1.54) is 5.12 Å². The molecule has 0 aliphatic carbocycles. The van der Waals surface area contributed by atoms with E-state index in [9.17, 15) is 0 Å². The van der Waals surface area contributed by atoms with Crippen LogP contribution in [0.2, 0.25) is 0 Å². The van der Waals surface area contributed by atoms with Gasteiger partial charge in [-0.3, -0.25) is 0 Å². The third-order valence-electron chi connectivity index (χ3n) is 0.997. The molecule has 9 heavy (non-hydrogen) atoms. The number of nitrogens with two attached hydrogens (primary N) is 1. The van der Waals surface area contributed by atoms with Gasteiger partial charge < -0.3 is 0 Å². The minimum absolute atomic E-state index is 0.857. The molecule has 48 valence electrons. The third-order valence-corrected chi connectivity index (χ3v) is 0.997. The number of hydrazone groups is 1. The molecule has 1 heterocycles. The van der Waals surface area contributed by atoms with E-state index in [4.69, 9.17) is 5.84 Å². The van der Waals surface area contributed by atoms with Gasteiger partial charge in [-0.15, -0.1) is 0 Å². The van der Waals surface area contributed by atoms with Crippen LogP contribution in [0.4, 0.5) is 0 Å². The molecule has 0 bridgehead atoms. The van der Waals surface area contributed by atoms with Crippen molar-refractivity contribution < 1.29 is 0 Å². The van der Waals surface area contributed by atoms with E-state index in [1.807, 2.05) is 6.92 Å². The monoisotopic (exact) mass is 124 g/mol. The van der Waals surface area contributed by atoms with Gasteiger partial charge >= 0.3 is 0 Å². The standard InChI is InChI=1S/C5H8N4/c1-2-5-3-9(6)8-4-7-5/h3H,2,6H2,1H3. The van der Waals surface area contributed by atoms with E-state index in [2.05, 4.69) is 16.1 Å². The van der Waals surface area contributed by atoms with Crippen molar-refractivity contribution in [1.29, 1.82) is 0 Å². The molecule has 4 nitrogen and oxygen atoms in total. The number of hydrogen-bond acceptors (Lipinski definition) is 4. The van der Waals surface area contributed by atoms with Crippen molar-refractivity contribution in [3.05, 3.63) is 11.9 Å². The van der Waals surface area contributed by atoms with E-state index >= 15 is 0 Å². The zero-order valence-corrected chi connectivity index (χ0v) is 5.20. The Bertz CT molecular complexity index is 187. The van der Waals surface area contributed by atoms with Crippen LogP contribution in [0.1, 0.15) is 13.3 Å². The molecule has 0 amide bonds. The van der Waals surface area contributed by atoms with Gasteiger partial charge in [-0.05, 0) is 6.42 Å². The zero-order chi connectivity index (χ0) is 6.69. The number of nitrogens with zero attached hydrogens (tertiary/aromatic N) is 3. The summed E-state index contributed by atoms with van der Waals surface area (Å²) >= 11 is 0. The largest absolute Gasteiger partial charge is 0.226 e. The first kappa shape index (κ1) is 6.01. The van der Waals surface area contributed by atoms with Gasteiger partial charge in [0.05, 0.1) is 11.9 Å². The summed E-state index contributed by atoms with van der Waals surface area (Å²) in [5.41, 5.74) is 0.896. The molecule has 0 unspecified atom stereocenters. The van der Waals surface area contributed by atoms with Crippen molar-refractivity contribution in [2.45, 2.75) is 13.3 Å². The highest BCUT2D eigenvalue weighted by Gasteiger charge is 1.95. The summed E-state index contributed by atoms with van der Waals surface area (Å²) in [6, 6.07) is 2.42. The third kappa shape index (κ3) is 1.38. The fraction of sp³-hybridized carbons (Fsp3) is 0.400. The predicted octanol–water partition coefficient (Wildman–Crippen LogP) is 0.516. The lowest BCUT2D eigenvalue weighted by molar-refractivity contribution is 0.413. The fourth-order valence-corrected chi connectivity index (χ4v) is 0.519. The van der Waals surface area contributed by atoms with Crippen LogP contribution in [0, 0.1) is 0 Å². The molecule has 2 N–H and O–H groups in total. The molecule has 1 rings (SSSR count). The lowest BCUT2D eigenvalue weighted by atomic mass is 10.4. The van der Waals surface area contributed by atoms with Crippen molar-refractivity contribution in [2.75, 3.05) is 0 Å². The molecule has 0 aromatic rings. The molecular weight excluding hydrogens is 116 g/mol. The summed E-state index contributed by atoms with van der Waals surface area (Å²) in [7, 11) is 0. The van der Waals surface area contributed by atoms with Crippen LogP contribution >= 0.6 is 0 Å². The summed E-state index contributed by atoms with van der Waals surface area (Å²) in [5.74, 6) is 5.27. The number of aliphatic imine (C=N–C) groups is 1. The van der Waals surface area contributed by atoms with Gasteiger partial charge in [0, 0.05) is 0 Å². The second kappa shape index (κ2) is 2.44. The molecular formula is C5H8N4. The van der Waals surface area contributed by atoms with Crippen LogP contribution in [0.5, 0.6) is 0 Å². The fourth-order valence-electron chi connectivity index (χ4n) is 0.519. The minimum atomic E-state index is 0.857. The highest BCUT2D eigenvalue weighted by atomic mass is 15.6. The second-order valence-electron chi connectivity index (χ2n) is 1.67. The van der Waals surface area contributed by atoms with E-state index in [1.54, 1.807) is 6.20 Å². The molecule has 4 heteroatoms. The van der Waals surface area contributed by atoms with Gasteiger partial charge in [0.2, 0.25) is 0 Å². The van der Waals surface area contributed by atoms with E-state index in [-0.39, 0.29) is 0 Å². The second-order valence-corrected chi connectivity index (χ2v) is 1.67. The van der Waals surface area contributed by atoms with Crippen molar-refractivity contribution in [3.8, 4) is 0 Å². The van der Waals surface area contributed by atoms with Crippen LogP contribution < -0.4 is 5.84 Å². The van der Waals surface area contributed by atoms with Gasteiger partial charge in [0.1, 0.15) is 6.01 Å². The van der Waals surface area contributed by atoms with Crippen LogP contribution in [0.15, 0.2) is 22.0 Å². The van der Waals surface area contributed by atoms with Gasteiger partial charge in [0.15, 0.2) is 0 Å². The Balaban J connectivity index is 2.76. The first-order valence-electron chi connectivity index (χ1n) is 2.74. The summed E-state index contributed by atoms with van der Waals surface area (Å²) in [6.07, 6.45) is 2.52. The Kier molecular flexibility index (Phi) is 1.63. The normalized spacial score (nSPS) is 16.2. The van der Waals surface area contributed by atoms with Crippen LogP contribution in [0.3, 0.4) is 0 Å². The van der Waals surface area contributed by atoms with Crippen molar-refractivity contribution in [3.63, 3.8) is 0 Å². The molecule has 0 atom stereocenters. The van der Waals surface area contributed by atoms with Crippen LogP contribution in [-0.2, 0) is 0 Å². The Morgan fingerprint density at radius 1 is 1.89 bits per heavy atom. The number of allylic oxidation sites excluding steroid dienone is 1. The molecule has 1 aliphatic rings. The maximum atomic E-state index is 5.27. The average Bonchev–Trinajstić information content (AvgIpc) is 1.88. The minimum Gasteiger partial charge on any atom is -0.226 e. The molecule has 1 aliphatic heterocycles. The maximum Gasteiger partial charge on any atom is 0.122 e. The van der Waals surface area contributed by atoms with Crippen molar-refractivity contribution in [2.24, 2.45) is 15.9 Å². The molecule has 0 aromatic carbocycles. The highest BCUT2D eigenvalue weighted by molar-refractivity contribution is 5.44. The molecule has 0 saturated carbocycles. The van der Waals surface area contributed by atoms with E-state index in [0.29, 0.717) is 0 Å². The summed E-state index contributed by atoms with van der Waals surface area (Å²) in [5, 5.41) is 4.75. The molecule has 0 radical (unpaired) electrons. The van der Waals surface area contributed by atoms with Crippen molar-refractivity contribution in [1.82, 2.24) is 5.12 Å². The Morgan fingerprint density at radius 3 is 3.11 bits per heavy atom. The SMILES string of the molecule is CCC1=CN(N)N=C=N1. The Labute approximate surface area is 53.3 Å². The number of hydrogen-bond donors (Lipinski definition) is 1. The Morgan fingerprint density at radius 2 is 2.67 bits per heavy atom. The van der Waals surface area contributed by atoms with Crippen LogP contribution in [0.25, 0.3) is 0 Å². The lowest BCUT2D eigenvalue weighted by Gasteiger charge is -2.06. The first-order valence-corrected chi connectivity index (χ1v) is 2.74. The number of hydrazine groups is 1. The van der Waals surface area contributed by atoms with Gasteiger partial charge in [-0.25, -0.2) is 5.84 Å². The smallest absolute Gasteiger partial charge is 0.122 e. The Hall–Kier alpha value is -1.12. The van der Waals surface area contributed by atoms with E-state index in [0.717, 1.165) is 12.1 Å². The topological polar surface area (TPSA) is 54.0 Å². The zero-order valence-electron chi connectivity index (χ0n) is 5.20. The first-order chi connectivity index (χ1) is 4.33. The lowest BCUT2D eigenvalue weighted by Crippen LogP contribution is -2.19. The van der Waals surface area contributed by atoms with Crippen LogP contribution in [-0.4, -0.2) is 11.1 Å². The summed E-state index contributed by atoms with van der Waals surface area (Å²) in [4.78, 5) is 3.82. The van der Waals surface area contributed by atoms with E-state index < -0.39 is 0 Å². The summed E-state index contributed by atoms with van der Waals surface area (Å²) < 4.78 is 0. The van der Waals surface area contributed by atoms with Gasteiger partial charge in [0.25, 0.3) is 0 Å². The average molecular weight is 124 g/mol. The van der Waals surface area contributed by atoms with Crippen molar-refractivity contribution >= 4 is 6.01 Å². The van der Waals surface area contributed by atoms with Gasteiger partial charge in [-0.1, -0.05) is 12.0 Å². The van der Waals surface area contributed by atoms with Gasteiger partial charge in [-0.2, -0.15) is 10.1 Å². The molecule has 0 aromatic heterocycles. The maximum absolute atomic E-state index is 5.27. The highest BCUT2D eigenvalue weighted by Crippen LogP contribution is 2.03. The summed E-state index contributed by atoms with van der Waals surface area (Å²) in [6.45, 7) is 2.00. The molecule has 0 saturated heterocycles. The predicted molar refractivity (Wildman–Crippen MR) is 34.3 cm³/mol. The quantitative estimate of drug-likeness (QED) is 0.518. The number of rotatable bonds is 1. The molecule has 0 spiro atoms. The molecule has 0 fully saturated rings.